The molecule has 1 aliphatic rings. The molecule has 2 unspecified atom stereocenters. The van der Waals surface area contributed by atoms with Crippen LogP contribution in [0.5, 0.6) is 11.5 Å². The Balaban J connectivity index is 1.53. The first kappa shape index (κ1) is 20.7. The fourth-order valence-corrected chi connectivity index (χ4v) is 3.65. The molecule has 0 saturated carbocycles. The largest absolute Gasteiger partial charge is 0.484 e. The maximum absolute atomic E-state index is 12.5. The summed E-state index contributed by atoms with van der Waals surface area (Å²) < 4.78 is 11.2. The third kappa shape index (κ3) is 6.24. The number of anilines is 1. The van der Waals surface area contributed by atoms with Crippen molar-refractivity contribution in [1.29, 1.82) is 0 Å². The Kier molecular flexibility index (Phi) is 7.11. The molecule has 0 radical (unpaired) electrons. The van der Waals surface area contributed by atoms with Crippen molar-refractivity contribution < 1.29 is 19.1 Å². The smallest absolute Gasteiger partial charge is 0.262 e. The second-order valence-electron chi connectivity index (χ2n) is 7.68. The molecule has 6 nitrogen and oxygen atoms in total. The highest BCUT2D eigenvalue weighted by molar-refractivity contribution is 5.93. The van der Waals surface area contributed by atoms with Gasteiger partial charge in [-0.2, -0.15) is 0 Å². The maximum atomic E-state index is 12.5. The van der Waals surface area contributed by atoms with Crippen LogP contribution in [-0.2, 0) is 9.59 Å². The van der Waals surface area contributed by atoms with Crippen LogP contribution in [0.1, 0.15) is 20.3 Å². The van der Waals surface area contributed by atoms with E-state index in [2.05, 4.69) is 19.2 Å². The molecular weight excluding hydrogens is 368 g/mol. The number of benzene rings is 2. The molecule has 2 atom stereocenters. The summed E-state index contributed by atoms with van der Waals surface area (Å²) in [6.45, 7) is 5.70. The summed E-state index contributed by atoms with van der Waals surface area (Å²) in [4.78, 5) is 26.6. The summed E-state index contributed by atoms with van der Waals surface area (Å²) in [5, 5.41) is 2.78. The molecule has 2 aromatic rings. The molecule has 0 aromatic heterocycles. The minimum Gasteiger partial charge on any atom is -0.484 e. The molecule has 1 saturated heterocycles. The first-order valence-corrected chi connectivity index (χ1v) is 9.98. The lowest BCUT2D eigenvalue weighted by Gasteiger charge is -2.34. The van der Waals surface area contributed by atoms with E-state index in [1.165, 1.54) is 0 Å². The number of hydrogen-bond acceptors (Lipinski definition) is 4. The Morgan fingerprint density at radius 2 is 1.59 bits per heavy atom. The first-order valence-electron chi connectivity index (χ1n) is 9.98. The average molecular weight is 396 g/mol. The number of nitrogens with one attached hydrogen (secondary N) is 1. The molecule has 6 heteroatoms. The van der Waals surface area contributed by atoms with Crippen molar-refractivity contribution in [3.8, 4) is 11.5 Å². The van der Waals surface area contributed by atoms with Gasteiger partial charge in [0.05, 0.1) is 5.69 Å². The molecule has 1 aliphatic heterocycles. The van der Waals surface area contributed by atoms with Crippen LogP contribution in [0.25, 0.3) is 0 Å². The Labute approximate surface area is 171 Å². The van der Waals surface area contributed by atoms with Gasteiger partial charge in [0.2, 0.25) is 0 Å². The van der Waals surface area contributed by atoms with Crippen molar-refractivity contribution in [1.82, 2.24) is 4.90 Å². The number of hydrogen-bond donors (Lipinski definition) is 1. The summed E-state index contributed by atoms with van der Waals surface area (Å²) >= 11 is 0. The van der Waals surface area contributed by atoms with Gasteiger partial charge in [-0.25, -0.2) is 0 Å². The normalized spacial score (nSPS) is 18.8. The highest BCUT2D eigenvalue weighted by atomic mass is 16.5. The van der Waals surface area contributed by atoms with Gasteiger partial charge in [-0.3, -0.25) is 9.59 Å². The highest BCUT2D eigenvalue weighted by Crippen LogP contribution is 2.25. The van der Waals surface area contributed by atoms with E-state index in [-0.39, 0.29) is 25.0 Å². The van der Waals surface area contributed by atoms with Crippen LogP contribution in [0.3, 0.4) is 0 Å². The zero-order valence-electron chi connectivity index (χ0n) is 17.0. The van der Waals surface area contributed by atoms with Crippen molar-refractivity contribution in [3.05, 3.63) is 54.6 Å². The lowest BCUT2D eigenvalue weighted by Crippen LogP contribution is -2.44. The number of carbonyl (C=O) groups excluding carboxylic acids is 2. The van der Waals surface area contributed by atoms with Crippen LogP contribution in [0.2, 0.25) is 0 Å². The van der Waals surface area contributed by atoms with Gasteiger partial charge in [0.15, 0.2) is 13.2 Å². The van der Waals surface area contributed by atoms with E-state index in [0.29, 0.717) is 29.0 Å². The molecule has 2 amide bonds. The molecule has 1 N–H and O–H groups in total. The van der Waals surface area contributed by atoms with Gasteiger partial charge in [0.1, 0.15) is 11.5 Å². The highest BCUT2D eigenvalue weighted by Gasteiger charge is 2.25. The number of nitrogens with zero attached hydrogens (tertiary/aromatic N) is 1. The monoisotopic (exact) mass is 396 g/mol. The molecular formula is C23H28N2O4. The summed E-state index contributed by atoms with van der Waals surface area (Å²) in [5.41, 5.74) is 0.516. The predicted octanol–water partition coefficient (Wildman–Crippen LogP) is 3.59. The van der Waals surface area contributed by atoms with Crippen molar-refractivity contribution in [3.63, 3.8) is 0 Å². The lowest BCUT2D eigenvalue weighted by atomic mass is 9.92. The number of ether oxygens (including phenoxy) is 2. The summed E-state index contributed by atoms with van der Waals surface area (Å²) in [6, 6.07) is 16.2. The quantitative estimate of drug-likeness (QED) is 0.777. The van der Waals surface area contributed by atoms with Crippen molar-refractivity contribution in [2.75, 3.05) is 31.6 Å². The van der Waals surface area contributed by atoms with Crippen molar-refractivity contribution >= 4 is 17.5 Å². The van der Waals surface area contributed by atoms with E-state index in [1.54, 1.807) is 36.4 Å². The molecule has 0 bridgehead atoms. The fourth-order valence-electron chi connectivity index (χ4n) is 3.65. The molecule has 29 heavy (non-hydrogen) atoms. The summed E-state index contributed by atoms with van der Waals surface area (Å²) in [5.74, 6) is 1.76. The zero-order chi connectivity index (χ0) is 20.6. The van der Waals surface area contributed by atoms with Crippen LogP contribution in [-0.4, -0.2) is 43.0 Å². The van der Waals surface area contributed by atoms with Crippen molar-refractivity contribution in [2.24, 2.45) is 11.8 Å². The number of rotatable bonds is 7. The Bertz CT molecular complexity index is 815. The minimum absolute atomic E-state index is 0.0306. The molecule has 154 valence electrons. The number of para-hydroxylation sites is 3. The van der Waals surface area contributed by atoms with Crippen LogP contribution in [0.4, 0.5) is 5.69 Å². The molecule has 3 rings (SSSR count). The Hall–Kier alpha value is -3.02. The Morgan fingerprint density at radius 3 is 2.31 bits per heavy atom. The van der Waals surface area contributed by atoms with Crippen LogP contribution < -0.4 is 14.8 Å². The van der Waals surface area contributed by atoms with Crippen LogP contribution in [0.15, 0.2) is 54.6 Å². The van der Waals surface area contributed by atoms with E-state index in [1.807, 2.05) is 23.1 Å². The van der Waals surface area contributed by atoms with Gasteiger partial charge in [-0.15, -0.1) is 0 Å². The van der Waals surface area contributed by atoms with Gasteiger partial charge in [-0.05, 0) is 42.5 Å². The van der Waals surface area contributed by atoms with Gasteiger partial charge in [0, 0.05) is 13.1 Å². The number of likely N-dealkylation sites (tertiary alicyclic amines) is 1. The third-order valence-corrected chi connectivity index (χ3v) is 4.85. The second kappa shape index (κ2) is 9.96. The van der Waals surface area contributed by atoms with Gasteiger partial charge >= 0.3 is 0 Å². The molecule has 2 aromatic carbocycles. The number of piperidine rings is 1. The standard InChI is InChI=1S/C23H28N2O4/c1-17-12-18(2)14-25(13-17)23(27)16-29-21-11-7-6-10-20(21)24-22(26)15-28-19-8-4-3-5-9-19/h3-11,17-18H,12-16H2,1-2H3,(H,24,26). The topological polar surface area (TPSA) is 67.9 Å². The summed E-state index contributed by atoms with van der Waals surface area (Å²) in [7, 11) is 0. The zero-order valence-corrected chi connectivity index (χ0v) is 17.0. The second-order valence-corrected chi connectivity index (χ2v) is 7.68. The van der Waals surface area contributed by atoms with E-state index < -0.39 is 0 Å². The van der Waals surface area contributed by atoms with E-state index in [0.717, 1.165) is 19.5 Å². The van der Waals surface area contributed by atoms with E-state index >= 15 is 0 Å². The van der Waals surface area contributed by atoms with Gasteiger partial charge in [0.25, 0.3) is 11.8 Å². The SMILES string of the molecule is CC1CC(C)CN(C(=O)COc2ccccc2NC(=O)COc2ccccc2)C1. The molecule has 0 aliphatic carbocycles. The van der Waals surface area contributed by atoms with Crippen LogP contribution >= 0.6 is 0 Å². The van der Waals surface area contributed by atoms with E-state index in [9.17, 15) is 9.59 Å². The lowest BCUT2D eigenvalue weighted by molar-refractivity contribution is -0.136. The first-order chi connectivity index (χ1) is 14.0. The minimum atomic E-state index is -0.296. The van der Waals surface area contributed by atoms with Gasteiger partial charge in [-0.1, -0.05) is 44.2 Å². The number of carbonyl (C=O) groups is 2. The number of amides is 2. The van der Waals surface area contributed by atoms with E-state index in [4.69, 9.17) is 9.47 Å². The molecule has 1 fully saturated rings. The fraction of sp³-hybridized carbons (Fsp3) is 0.391. The average Bonchev–Trinajstić information content (AvgIpc) is 2.71. The molecule has 1 heterocycles. The van der Waals surface area contributed by atoms with Crippen molar-refractivity contribution in [2.45, 2.75) is 20.3 Å². The maximum Gasteiger partial charge on any atom is 0.262 e. The molecule has 0 spiro atoms. The van der Waals surface area contributed by atoms with Crippen LogP contribution in [0, 0.1) is 11.8 Å². The predicted molar refractivity (Wildman–Crippen MR) is 112 cm³/mol. The summed E-state index contributed by atoms with van der Waals surface area (Å²) in [6.07, 6.45) is 1.14. The third-order valence-electron chi connectivity index (χ3n) is 4.85. The van der Waals surface area contributed by atoms with Gasteiger partial charge < -0.3 is 19.7 Å². The Morgan fingerprint density at radius 1 is 0.931 bits per heavy atom.